The largest absolute Gasteiger partial charge is 0.368 e. The van der Waals surface area contributed by atoms with Gasteiger partial charge >= 0.3 is 0 Å². The van der Waals surface area contributed by atoms with Gasteiger partial charge in [-0.1, -0.05) is 56.3 Å². The molecule has 0 aliphatic carbocycles. The van der Waals surface area contributed by atoms with E-state index in [1.54, 1.807) is 23.5 Å². The molecule has 0 spiro atoms. The van der Waals surface area contributed by atoms with Crippen molar-refractivity contribution in [1.82, 2.24) is 5.32 Å². The van der Waals surface area contributed by atoms with Crippen LogP contribution in [-0.2, 0) is 14.6 Å². The Hall–Kier alpha value is -2.48. The topological polar surface area (TPSA) is 89.3 Å². The van der Waals surface area contributed by atoms with Crippen LogP contribution >= 0.6 is 11.3 Å². The lowest BCUT2D eigenvalue weighted by atomic mass is 9.97. The number of primary amides is 1. The van der Waals surface area contributed by atoms with Crippen molar-refractivity contribution in [3.63, 3.8) is 0 Å². The molecule has 31 heavy (non-hydrogen) atoms. The Balaban J connectivity index is 1.88. The molecule has 0 unspecified atom stereocenters. The van der Waals surface area contributed by atoms with Crippen LogP contribution < -0.4 is 11.1 Å². The third-order valence-corrected chi connectivity index (χ3v) is 7.17. The normalized spacial score (nSPS) is 13.8. The highest BCUT2D eigenvalue weighted by Crippen LogP contribution is 2.30. The Kier molecular flexibility index (Phi) is 7.30. The summed E-state index contributed by atoms with van der Waals surface area (Å²) in [6.45, 7) is 4.14. The van der Waals surface area contributed by atoms with Crippen LogP contribution in [0.1, 0.15) is 36.8 Å². The summed E-state index contributed by atoms with van der Waals surface area (Å²) < 4.78 is 23.4. The molecule has 5 nitrogen and oxygen atoms in total. The molecule has 7 heteroatoms. The monoisotopic (exact) mass is 456 g/mol. The first-order valence-electron chi connectivity index (χ1n) is 10.1. The van der Waals surface area contributed by atoms with E-state index in [-0.39, 0.29) is 11.9 Å². The minimum atomic E-state index is -3.22. The Morgan fingerprint density at radius 2 is 1.58 bits per heavy atom. The molecule has 0 fully saturated rings. The fraction of sp³-hybridized carbons (Fsp3) is 0.292. The van der Waals surface area contributed by atoms with Crippen molar-refractivity contribution in [2.75, 3.05) is 6.26 Å². The van der Waals surface area contributed by atoms with E-state index in [0.29, 0.717) is 17.2 Å². The molecule has 0 saturated carbocycles. The van der Waals surface area contributed by atoms with E-state index in [4.69, 9.17) is 5.73 Å². The molecule has 0 aliphatic heterocycles. The van der Waals surface area contributed by atoms with Crippen LogP contribution in [0.4, 0.5) is 0 Å². The fourth-order valence-corrected chi connectivity index (χ4v) is 4.94. The zero-order valence-electron chi connectivity index (χ0n) is 17.9. The summed E-state index contributed by atoms with van der Waals surface area (Å²) in [5, 5.41) is 5.47. The molecule has 0 bridgehead atoms. The lowest BCUT2D eigenvalue weighted by Crippen LogP contribution is -2.44. The molecule has 0 aliphatic rings. The van der Waals surface area contributed by atoms with E-state index in [0.717, 1.165) is 21.6 Å². The molecular weight excluding hydrogens is 428 g/mol. The third kappa shape index (κ3) is 6.03. The van der Waals surface area contributed by atoms with E-state index >= 15 is 0 Å². The van der Waals surface area contributed by atoms with Crippen LogP contribution in [0.25, 0.3) is 11.1 Å². The molecule has 3 aromatic rings. The van der Waals surface area contributed by atoms with Gasteiger partial charge in [-0.05, 0) is 52.6 Å². The minimum Gasteiger partial charge on any atom is -0.368 e. The first-order valence-corrected chi connectivity index (χ1v) is 12.9. The molecule has 0 saturated heterocycles. The number of rotatable bonds is 9. The summed E-state index contributed by atoms with van der Waals surface area (Å²) in [4.78, 5) is 13.4. The number of hydrogen-bond acceptors (Lipinski definition) is 5. The molecule has 164 valence electrons. The van der Waals surface area contributed by atoms with Gasteiger partial charge in [0, 0.05) is 11.1 Å². The standard InChI is InChI=1S/C24H28N2O3S2/c1-16(2)15-21(24(25)27)26-23(22-5-4-14-30-22)19-8-6-17(7-9-19)18-10-12-20(13-11-18)31(3,28)29/h4-14,16,21,23,26H,15H2,1-3H3,(H2,25,27)/t21-,23-/m0/s1. The second kappa shape index (κ2) is 9.77. The second-order valence-electron chi connectivity index (χ2n) is 8.12. The van der Waals surface area contributed by atoms with Gasteiger partial charge in [0.2, 0.25) is 5.91 Å². The molecule has 3 rings (SSSR count). The Morgan fingerprint density at radius 3 is 2.03 bits per heavy atom. The maximum absolute atomic E-state index is 12.0. The Morgan fingerprint density at radius 1 is 1.00 bits per heavy atom. The number of benzene rings is 2. The summed E-state index contributed by atoms with van der Waals surface area (Å²) in [6, 6.07) is 18.4. The Bertz CT molecular complexity index is 1100. The predicted molar refractivity (Wildman–Crippen MR) is 127 cm³/mol. The van der Waals surface area contributed by atoms with E-state index in [1.165, 1.54) is 6.26 Å². The lowest BCUT2D eigenvalue weighted by molar-refractivity contribution is -0.120. The van der Waals surface area contributed by atoms with Crippen LogP contribution in [0, 0.1) is 5.92 Å². The number of hydrogen-bond donors (Lipinski definition) is 2. The number of carbonyl (C=O) groups excluding carboxylic acids is 1. The van der Waals surface area contributed by atoms with Gasteiger partial charge < -0.3 is 5.73 Å². The molecule has 0 radical (unpaired) electrons. The number of nitrogens with one attached hydrogen (secondary N) is 1. The van der Waals surface area contributed by atoms with Crippen molar-refractivity contribution in [3.8, 4) is 11.1 Å². The highest BCUT2D eigenvalue weighted by atomic mass is 32.2. The van der Waals surface area contributed by atoms with E-state index in [1.807, 2.05) is 53.9 Å². The van der Waals surface area contributed by atoms with Gasteiger partial charge in [-0.25, -0.2) is 8.42 Å². The highest BCUT2D eigenvalue weighted by Gasteiger charge is 2.24. The highest BCUT2D eigenvalue weighted by molar-refractivity contribution is 7.90. The zero-order valence-corrected chi connectivity index (χ0v) is 19.5. The maximum Gasteiger partial charge on any atom is 0.234 e. The first kappa shape index (κ1) is 23.2. The van der Waals surface area contributed by atoms with Crippen LogP contribution in [0.5, 0.6) is 0 Å². The van der Waals surface area contributed by atoms with Crippen molar-refractivity contribution in [2.45, 2.75) is 37.2 Å². The fourth-order valence-electron chi connectivity index (χ4n) is 3.50. The van der Waals surface area contributed by atoms with Crippen molar-refractivity contribution < 1.29 is 13.2 Å². The predicted octanol–water partition coefficient (Wildman–Crippen LogP) is 4.40. The molecule has 1 aromatic heterocycles. The van der Waals surface area contributed by atoms with Gasteiger partial charge in [-0.3, -0.25) is 10.1 Å². The lowest BCUT2D eigenvalue weighted by Gasteiger charge is -2.25. The van der Waals surface area contributed by atoms with Crippen LogP contribution in [-0.4, -0.2) is 26.6 Å². The van der Waals surface area contributed by atoms with Gasteiger partial charge in [0.1, 0.15) is 0 Å². The summed E-state index contributed by atoms with van der Waals surface area (Å²) in [5.41, 5.74) is 8.63. The number of nitrogens with two attached hydrogens (primary N) is 1. The average molecular weight is 457 g/mol. The number of amides is 1. The van der Waals surface area contributed by atoms with E-state index in [2.05, 4.69) is 19.2 Å². The molecule has 1 amide bonds. The SMILES string of the molecule is CC(C)C[C@H](N[C@@H](c1ccc(-c2ccc(S(C)(=O)=O)cc2)cc1)c1cccs1)C(N)=O. The van der Waals surface area contributed by atoms with Gasteiger partial charge in [-0.15, -0.1) is 11.3 Å². The van der Waals surface area contributed by atoms with Crippen molar-refractivity contribution >= 4 is 27.1 Å². The van der Waals surface area contributed by atoms with Crippen molar-refractivity contribution in [2.24, 2.45) is 11.7 Å². The van der Waals surface area contributed by atoms with Gasteiger partial charge in [0.15, 0.2) is 9.84 Å². The average Bonchev–Trinajstić information content (AvgIpc) is 3.25. The number of carbonyl (C=O) groups is 1. The number of sulfone groups is 1. The second-order valence-corrected chi connectivity index (χ2v) is 11.1. The first-order chi connectivity index (χ1) is 14.6. The summed E-state index contributed by atoms with van der Waals surface area (Å²) in [6.07, 6.45) is 1.87. The van der Waals surface area contributed by atoms with Gasteiger partial charge in [-0.2, -0.15) is 0 Å². The molecule has 1 heterocycles. The number of thiophene rings is 1. The summed E-state index contributed by atoms with van der Waals surface area (Å²) >= 11 is 1.63. The smallest absolute Gasteiger partial charge is 0.234 e. The Labute approximate surface area is 188 Å². The van der Waals surface area contributed by atoms with E-state index in [9.17, 15) is 13.2 Å². The van der Waals surface area contributed by atoms with Crippen LogP contribution in [0.3, 0.4) is 0 Å². The zero-order chi connectivity index (χ0) is 22.6. The third-order valence-electron chi connectivity index (χ3n) is 5.11. The summed E-state index contributed by atoms with van der Waals surface area (Å²) in [7, 11) is -3.22. The minimum absolute atomic E-state index is 0.141. The van der Waals surface area contributed by atoms with Crippen LogP contribution in [0.2, 0.25) is 0 Å². The summed E-state index contributed by atoms with van der Waals surface area (Å²) in [5.74, 6) is -0.0101. The molecule has 2 atom stereocenters. The maximum atomic E-state index is 12.0. The van der Waals surface area contributed by atoms with Crippen molar-refractivity contribution in [1.29, 1.82) is 0 Å². The van der Waals surface area contributed by atoms with E-state index < -0.39 is 15.9 Å². The van der Waals surface area contributed by atoms with Gasteiger partial charge in [0.05, 0.1) is 17.0 Å². The van der Waals surface area contributed by atoms with Crippen LogP contribution in [0.15, 0.2) is 70.9 Å². The van der Waals surface area contributed by atoms with Gasteiger partial charge in [0.25, 0.3) is 0 Å². The van der Waals surface area contributed by atoms with Crippen molar-refractivity contribution in [3.05, 3.63) is 76.5 Å². The molecule has 3 N–H and O–H groups in total. The quantitative estimate of drug-likeness (QED) is 0.499. The molecular formula is C24H28N2O3S2. The molecule has 2 aromatic carbocycles.